The van der Waals surface area contributed by atoms with Gasteiger partial charge in [0.15, 0.2) is 0 Å². The molecular weight excluding hydrogens is 352 g/mol. The van der Waals surface area contributed by atoms with Gasteiger partial charge < -0.3 is 15.0 Å². The molecule has 0 saturated heterocycles. The van der Waals surface area contributed by atoms with E-state index in [1.165, 1.54) is 0 Å². The second-order valence-electron chi connectivity index (χ2n) is 6.01. The Balaban J connectivity index is 2.17. The number of benzene rings is 1. The number of hydrogen-bond acceptors (Lipinski definition) is 5. The quantitative estimate of drug-likeness (QED) is 0.737. The van der Waals surface area contributed by atoms with Gasteiger partial charge in [0.25, 0.3) is 5.91 Å². The summed E-state index contributed by atoms with van der Waals surface area (Å²) in [5.41, 5.74) is 2.11. The molecule has 0 fully saturated rings. The minimum Gasteiger partial charge on any atom is -0.495 e. The first kappa shape index (κ1) is 20.0. The highest BCUT2D eigenvalue weighted by Crippen LogP contribution is 2.32. The number of rotatable bonds is 8. The minimum atomic E-state index is -0.0415. The summed E-state index contributed by atoms with van der Waals surface area (Å²) >= 11 is 6.12. The summed E-state index contributed by atoms with van der Waals surface area (Å²) in [5, 5.41) is 3.73. The van der Waals surface area contributed by atoms with Crippen molar-refractivity contribution in [2.24, 2.45) is 0 Å². The van der Waals surface area contributed by atoms with Crippen LogP contribution in [0.3, 0.4) is 0 Å². The second kappa shape index (κ2) is 9.38. The first-order valence-electron chi connectivity index (χ1n) is 8.72. The lowest BCUT2D eigenvalue weighted by molar-refractivity contribution is 0.0754. The number of halogens is 1. The fourth-order valence-corrected chi connectivity index (χ4v) is 2.74. The largest absolute Gasteiger partial charge is 0.495 e. The molecule has 2 aromatic rings. The van der Waals surface area contributed by atoms with Gasteiger partial charge in [-0.15, -0.1) is 0 Å². The van der Waals surface area contributed by atoms with Gasteiger partial charge in [-0.25, -0.2) is 9.97 Å². The molecule has 0 saturated carbocycles. The van der Waals surface area contributed by atoms with Crippen LogP contribution in [0.2, 0.25) is 5.02 Å². The number of hydrogen-bond donors (Lipinski definition) is 1. The van der Waals surface area contributed by atoms with Crippen LogP contribution >= 0.6 is 11.6 Å². The van der Waals surface area contributed by atoms with E-state index < -0.39 is 0 Å². The SMILES string of the molecule is CCCN(CCC)C(=O)c1cnc(Nc2cc(C)c(Cl)cc2OC)nc1. The van der Waals surface area contributed by atoms with E-state index in [0.29, 0.717) is 28.0 Å². The van der Waals surface area contributed by atoms with Gasteiger partial charge in [-0.3, -0.25) is 4.79 Å². The third kappa shape index (κ3) is 4.85. The topological polar surface area (TPSA) is 67.4 Å². The average Bonchev–Trinajstić information content (AvgIpc) is 2.64. The highest BCUT2D eigenvalue weighted by atomic mass is 35.5. The van der Waals surface area contributed by atoms with Gasteiger partial charge in [0.05, 0.1) is 18.4 Å². The Kier molecular flexibility index (Phi) is 7.21. The fourth-order valence-electron chi connectivity index (χ4n) is 2.59. The Morgan fingerprint density at radius 2 is 1.81 bits per heavy atom. The second-order valence-corrected chi connectivity index (χ2v) is 6.42. The zero-order valence-corrected chi connectivity index (χ0v) is 16.4. The van der Waals surface area contributed by atoms with Crippen LogP contribution in [-0.4, -0.2) is 41.0 Å². The van der Waals surface area contributed by atoms with Crippen molar-refractivity contribution in [3.05, 3.63) is 40.7 Å². The van der Waals surface area contributed by atoms with Crippen LogP contribution in [0.25, 0.3) is 0 Å². The third-order valence-corrected chi connectivity index (χ3v) is 4.31. The van der Waals surface area contributed by atoms with Gasteiger partial charge in [0.2, 0.25) is 5.95 Å². The molecule has 0 aliphatic rings. The summed E-state index contributed by atoms with van der Waals surface area (Å²) < 4.78 is 5.34. The maximum atomic E-state index is 12.6. The van der Waals surface area contributed by atoms with E-state index in [1.54, 1.807) is 25.6 Å². The molecule has 26 heavy (non-hydrogen) atoms. The number of anilines is 2. The van der Waals surface area contributed by atoms with E-state index in [2.05, 4.69) is 29.1 Å². The lowest BCUT2D eigenvalue weighted by atomic mass is 10.2. The molecule has 1 amide bonds. The molecule has 1 N–H and O–H groups in total. The van der Waals surface area contributed by atoms with Crippen molar-refractivity contribution in [3.8, 4) is 5.75 Å². The number of nitrogens with zero attached hydrogens (tertiary/aromatic N) is 3. The van der Waals surface area contributed by atoms with Gasteiger partial charge in [-0.2, -0.15) is 0 Å². The third-order valence-electron chi connectivity index (χ3n) is 3.90. The summed E-state index contributed by atoms with van der Waals surface area (Å²) in [5.74, 6) is 0.945. The van der Waals surface area contributed by atoms with Crippen molar-refractivity contribution in [2.45, 2.75) is 33.6 Å². The normalized spacial score (nSPS) is 10.5. The number of nitrogens with one attached hydrogen (secondary N) is 1. The molecule has 1 aromatic carbocycles. The van der Waals surface area contributed by atoms with Crippen LogP contribution in [-0.2, 0) is 0 Å². The van der Waals surface area contributed by atoms with Crippen LogP contribution in [0.15, 0.2) is 24.5 Å². The molecule has 0 radical (unpaired) electrons. The van der Waals surface area contributed by atoms with Crippen molar-refractivity contribution in [3.63, 3.8) is 0 Å². The van der Waals surface area contributed by atoms with E-state index in [0.717, 1.165) is 31.5 Å². The number of methoxy groups -OCH3 is 1. The Hall–Kier alpha value is -2.34. The monoisotopic (exact) mass is 376 g/mol. The van der Waals surface area contributed by atoms with Crippen molar-refractivity contribution < 1.29 is 9.53 Å². The first-order chi connectivity index (χ1) is 12.5. The van der Waals surface area contributed by atoms with Crippen molar-refractivity contribution in [1.29, 1.82) is 0 Å². The Labute approximate surface area is 159 Å². The standard InChI is InChI=1S/C19H25ClN4O2/c1-5-7-24(8-6-2)18(25)14-11-21-19(22-12-14)23-16-9-13(3)15(20)10-17(16)26-4/h9-12H,5-8H2,1-4H3,(H,21,22,23). The maximum Gasteiger partial charge on any atom is 0.256 e. The van der Waals surface area contributed by atoms with Gasteiger partial charge in [-0.1, -0.05) is 25.4 Å². The number of aryl methyl sites for hydroxylation is 1. The minimum absolute atomic E-state index is 0.0415. The zero-order chi connectivity index (χ0) is 19.1. The highest BCUT2D eigenvalue weighted by Gasteiger charge is 2.15. The molecular formula is C19H25ClN4O2. The zero-order valence-electron chi connectivity index (χ0n) is 15.7. The summed E-state index contributed by atoms with van der Waals surface area (Å²) in [6.45, 7) is 7.48. The molecule has 2 rings (SSSR count). The molecule has 1 aromatic heterocycles. The number of ether oxygens (including phenoxy) is 1. The van der Waals surface area contributed by atoms with Crippen LogP contribution in [0, 0.1) is 6.92 Å². The van der Waals surface area contributed by atoms with Crippen LogP contribution in [0.1, 0.15) is 42.6 Å². The first-order valence-corrected chi connectivity index (χ1v) is 9.10. The number of carbonyl (C=O) groups is 1. The average molecular weight is 377 g/mol. The van der Waals surface area contributed by atoms with E-state index in [1.807, 2.05) is 17.9 Å². The Bertz CT molecular complexity index is 744. The number of carbonyl (C=O) groups excluding carboxylic acids is 1. The van der Waals surface area contributed by atoms with Crippen molar-refractivity contribution in [2.75, 3.05) is 25.5 Å². The molecule has 140 valence electrons. The van der Waals surface area contributed by atoms with Crippen molar-refractivity contribution in [1.82, 2.24) is 14.9 Å². The van der Waals surface area contributed by atoms with Gasteiger partial charge in [-0.05, 0) is 31.4 Å². The van der Waals surface area contributed by atoms with Gasteiger partial charge in [0, 0.05) is 36.6 Å². The molecule has 0 aliphatic heterocycles. The summed E-state index contributed by atoms with van der Waals surface area (Å²) in [6, 6.07) is 3.61. The highest BCUT2D eigenvalue weighted by molar-refractivity contribution is 6.31. The predicted octanol–water partition coefficient (Wildman–Crippen LogP) is 4.45. The fraction of sp³-hybridized carbons (Fsp3) is 0.421. The summed E-state index contributed by atoms with van der Waals surface area (Å²) in [4.78, 5) is 22.9. The molecule has 0 unspecified atom stereocenters. The number of aromatic nitrogens is 2. The lowest BCUT2D eigenvalue weighted by Gasteiger charge is -2.21. The molecule has 0 bridgehead atoms. The maximum absolute atomic E-state index is 12.6. The lowest BCUT2D eigenvalue weighted by Crippen LogP contribution is -2.32. The molecule has 6 nitrogen and oxygen atoms in total. The Morgan fingerprint density at radius 1 is 1.19 bits per heavy atom. The van der Waals surface area contributed by atoms with Crippen LogP contribution < -0.4 is 10.1 Å². The van der Waals surface area contributed by atoms with E-state index >= 15 is 0 Å². The van der Waals surface area contributed by atoms with Crippen molar-refractivity contribution >= 4 is 29.1 Å². The summed E-state index contributed by atoms with van der Waals surface area (Å²) in [6.07, 6.45) is 4.93. The molecule has 0 aliphatic carbocycles. The molecule has 1 heterocycles. The summed E-state index contributed by atoms with van der Waals surface area (Å²) in [7, 11) is 1.57. The smallest absolute Gasteiger partial charge is 0.256 e. The molecule has 0 atom stereocenters. The van der Waals surface area contributed by atoms with Gasteiger partial charge in [0.1, 0.15) is 5.75 Å². The van der Waals surface area contributed by atoms with E-state index in [-0.39, 0.29) is 5.91 Å². The van der Waals surface area contributed by atoms with Crippen LogP contribution in [0.5, 0.6) is 5.75 Å². The Morgan fingerprint density at radius 3 is 2.35 bits per heavy atom. The van der Waals surface area contributed by atoms with E-state index in [4.69, 9.17) is 16.3 Å². The van der Waals surface area contributed by atoms with Crippen LogP contribution in [0.4, 0.5) is 11.6 Å². The predicted molar refractivity (Wildman–Crippen MR) is 105 cm³/mol. The molecule has 0 spiro atoms. The van der Waals surface area contributed by atoms with E-state index in [9.17, 15) is 4.79 Å². The van der Waals surface area contributed by atoms with Gasteiger partial charge >= 0.3 is 0 Å². The number of amides is 1. The molecule has 7 heteroatoms.